The summed E-state index contributed by atoms with van der Waals surface area (Å²) >= 11 is 0. The number of aliphatic hydroxyl groups is 1. The van der Waals surface area contributed by atoms with Gasteiger partial charge in [-0.2, -0.15) is 0 Å². The summed E-state index contributed by atoms with van der Waals surface area (Å²) in [5.74, 6) is -0.643. The third-order valence-electron chi connectivity index (χ3n) is 1.95. The van der Waals surface area contributed by atoms with Crippen LogP contribution in [0.5, 0.6) is 0 Å². The van der Waals surface area contributed by atoms with Crippen LogP contribution in [-0.4, -0.2) is 30.4 Å². The van der Waals surface area contributed by atoms with Crippen molar-refractivity contribution in [1.29, 1.82) is 0 Å². The Hall–Kier alpha value is -1.39. The first-order valence-electron chi connectivity index (χ1n) is 5.20. The van der Waals surface area contributed by atoms with Crippen molar-refractivity contribution in [2.75, 3.05) is 13.2 Å². The topological polar surface area (TPSA) is 55.8 Å². The highest BCUT2D eigenvalue weighted by Gasteiger charge is 2.15. The van der Waals surface area contributed by atoms with E-state index in [1.165, 1.54) is 0 Å². The zero-order valence-corrected chi connectivity index (χ0v) is 9.26. The molecule has 88 valence electrons. The third-order valence-corrected chi connectivity index (χ3v) is 1.95. The lowest BCUT2D eigenvalue weighted by atomic mass is 10.2. The van der Waals surface area contributed by atoms with Crippen LogP contribution < -0.4 is 0 Å². The fourth-order valence-corrected chi connectivity index (χ4v) is 1.17. The quantitative estimate of drug-likeness (QED) is 0.736. The molecule has 1 aromatic rings. The fraction of sp³-hybridized carbons (Fsp3) is 0.417. The molecule has 1 rings (SSSR count). The summed E-state index contributed by atoms with van der Waals surface area (Å²) in [5.41, 5.74) is 0.999. The number of benzene rings is 1. The van der Waals surface area contributed by atoms with E-state index in [-0.39, 0.29) is 13.2 Å². The summed E-state index contributed by atoms with van der Waals surface area (Å²) in [4.78, 5) is 11.0. The molecular formula is C12H16O4. The van der Waals surface area contributed by atoms with Crippen LogP contribution >= 0.6 is 0 Å². The minimum Gasteiger partial charge on any atom is -0.464 e. The maximum Gasteiger partial charge on any atom is 0.337 e. The number of carbonyl (C=O) groups excluding carboxylic acids is 1. The average Bonchev–Trinajstić information content (AvgIpc) is 2.30. The van der Waals surface area contributed by atoms with Crippen molar-refractivity contribution in [1.82, 2.24) is 0 Å². The highest BCUT2D eigenvalue weighted by Crippen LogP contribution is 2.01. The second-order valence-electron chi connectivity index (χ2n) is 3.27. The predicted octanol–water partition coefficient (Wildman–Crippen LogP) is 1.13. The molecule has 0 saturated carbocycles. The predicted molar refractivity (Wildman–Crippen MR) is 58.7 cm³/mol. The van der Waals surface area contributed by atoms with E-state index in [0.717, 1.165) is 5.56 Å². The second-order valence-corrected chi connectivity index (χ2v) is 3.27. The van der Waals surface area contributed by atoms with Crippen molar-refractivity contribution in [3.05, 3.63) is 35.9 Å². The van der Waals surface area contributed by atoms with E-state index >= 15 is 0 Å². The molecule has 0 radical (unpaired) electrons. The Bertz CT molecular complexity index is 310. The molecule has 4 nitrogen and oxygen atoms in total. The number of hydrogen-bond acceptors (Lipinski definition) is 4. The van der Waals surface area contributed by atoms with Gasteiger partial charge in [0, 0.05) is 0 Å². The van der Waals surface area contributed by atoms with Gasteiger partial charge in [-0.3, -0.25) is 0 Å². The van der Waals surface area contributed by atoms with Crippen LogP contribution in [0.2, 0.25) is 0 Å². The first-order chi connectivity index (χ1) is 7.74. The van der Waals surface area contributed by atoms with E-state index in [0.29, 0.717) is 6.61 Å². The average molecular weight is 224 g/mol. The Balaban J connectivity index is 2.23. The lowest BCUT2D eigenvalue weighted by molar-refractivity contribution is -0.156. The molecule has 1 aromatic carbocycles. The minimum absolute atomic E-state index is 0.0479. The van der Waals surface area contributed by atoms with Crippen LogP contribution in [0.15, 0.2) is 30.3 Å². The zero-order chi connectivity index (χ0) is 11.8. The number of aliphatic hydroxyl groups excluding tert-OH is 1. The van der Waals surface area contributed by atoms with E-state index in [1.54, 1.807) is 6.92 Å². The molecule has 0 aromatic heterocycles. The van der Waals surface area contributed by atoms with Crippen LogP contribution in [0, 0.1) is 0 Å². The van der Waals surface area contributed by atoms with Gasteiger partial charge in [0.2, 0.25) is 0 Å². The molecule has 0 aliphatic heterocycles. The highest BCUT2D eigenvalue weighted by atomic mass is 16.6. The van der Waals surface area contributed by atoms with E-state index in [1.807, 2.05) is 30.3 Å². The van der Waals surface area contributed by atoms with Crippen molar-refractivity contribution in [3.8, 4) is 0 Å². The number of ether oxygens (including phenoxy) is 2. The van der Waals surface area contributed by atoms with Crippen molar-refractivity contribution in [2.24, 2.45) is 0 Å². The molecule has 0 heterocycles. The third kappa shape index (κ3) is 4.42. The van der Waals surface area contributed by atoms with Gasteiger partial charge in [-0.05, 0) is 12.5 Å². The van der Waals surface area contributed by atoms with Gasteiger partial charge < -0.3 is 14.6 Å². The molecule has 1 atom stereocenters. The summed E-state index contributed by atoms with van der Waals surface area (Å²) < 4.78 is 9.84. The number of carbonyl (C=O) groups is 1. The molecular weight excluding hydrogens is 208 g/mol. The Morgan fingerprint density at radius 2 is 2.06 bits per heavy atom. The standard InChI is InChI=1S/C12H16O4/c1-2-16-12(14)11(13)9-15-8-10-6-4-3-5-7-10/h3-7,11,13H,2,8-9H2,1H3. The maximum absolute atomic E-state index is 11.0. The van der Waals surface area contributed by atoms with Gasteiger partial charge >= 0.3 is 5.97 Å². The molecule has 1 N–H and O–H groups in total. The monoisotopic (exact) mass is 224 g/mol. The molecule has 16 heavy (non-hydrogen) atoms. The summed E-state index contributed by atoms with van der Waals surface area (Å²) in [6.45, 7) is 2.27. The van der Waals surface area contributed by atoms with E-state index in [9.17, 15) is 9.90 Å². The van der Waals surface area contributed by atoms with Gasteiger partial charge in [-0.25, -0.2) is 4.79 Å². The summed E-state index contributed by atoms with van der Waals surface area (Å²) in [7, 11) is 0. The summed E-state index contributed by atoms with van der Waals surface area (Å²) in [6.07, 6.45) is -1.20. The lowest BCUT2D eigenvalue weighted by Crippen LogP contribution is -2.27. The molecule has 0 bridgehead atoms. The largest absolute Gasteiger partial charge is 0.464 e. The minimum atomic E-state index is -1.20. The Morgan fingerprint density at radius 3 is 2.69 bits per heavy atom. The summed E-state index contributed by atoms with van der Waals surface area (Å²) in [5, 5.41) is 9.33. The smallest absolute Gasteiger partial charge is 0.337 e. The molecule has 0 aliphatic rings. The van der Waals surface area contributed by atoms with Gasteiger partial charge in [0.05, 0.1) is 19.8 Å². The summed E-state index contributed by atoms with van der Waals surface area (Å²) in [6, 6.07) is 9.55. The number of esters is 1. The van der Waals surface area contributed by atoms with E-state index in [2.05, 4.69) is 4.74 Å². The van der Waals surface area contributed by atoms with Crippen LogP contribution in [0.4, 0.5) is 0 Å². The molecule has 0 amide bonds. The Labute approximate surface area is 94.8 Å². The Morgan fingerprint density at radius 1 is 1.38 bits per heavy atom. The maximum atomic E-state index is 11.0. The van der Waals surface area contributed by atoms with Crippen molar-refractivity contribution < 1.29 is 19.4 Å². The second kappa shape index (κ2) is 6.98. The number of rotatable bonds is 6. The normalized spacial score (nSPS) is 12.1. The molecule has 0 spiro atoms. The van der Waals surface area contributed by atoms with Gasteiger partial charge in [0.25, 0.3) is 0 Å². The molecule has 1 unspecified atom stereocenters. The van der Waals surface area contributed by atoms with Crippen LogP contribution in [0.25, 0.3) is 0 Å². The highest BCUT2D eigenvalue weighted by molar-refractivity contribution is 5.74. The fourth-order valence-electron chi connectivity index (χ4n) is 1.17. The SMILES string of the molecule is CCOC(=O)C(O)COCc1ccccc1. The molecule has 4 heteroatoms. The Kier molecular flexibility index (Phi) is 5.53. The molecule has 0 fully saturated rings. The molecule has 0 aliphatic carbocycles. The van der Waals surface area contributed by atoms with Crippen LogP contribution in [0.1, 0.15) is 12.5 Å². The molecule has 0 saturated heterocycles. The van der Waals surface area contributed by atoms with Crippen LogP contribution in [-0.2, 0) is 20.9 Å². The van der Waals surface area contributed by atoms with Gasteiger partial charge in [-0.15, -0.1) is 0 Å². The van der Waals surface area contributed by atoms with Crippen LogP contribution in [0.3, 0.4) is 0 Å². The van der Waals surface area contributed by atoms with Crippen molar-refractivity contribution in [3.63, 3.8) is 0 Å². The van der Waals surface area contributed by atoms with Crippen molar-refractivity contribution >= 4 is 5.97 Å². The lowest BCUT2D eigenvalue weighted by Gasteiger charge is -2.10. The first-order valence-corrected chi connectivity index (χ1v) is 5.20. The van der Waals surface area contributed by atoms with Crippen molar-refractivity contribution in [2.45, 2.75) is 19.6 Å². The van der Waals surface area contributed by atoms with Gasteiger partial charge in [-0.1, -0.05) is 30.3 Å². The zero-order valence-electron chi connectivity index (χ0n) is 9.26. The van der Waals surface area contributed by atoms with E-state index in [4.69, 9.17) is 4.74 Å². The number of hydrogen-bond donors (Lipinski definition) is 1. The first kappa shape index (κ1) is 12.7. The van der Waals surface area contributed by atoms with Gasteiger partial charge in [0.15, 0.2) is 6.10 Å². The van der Waals surface area contributed by atoms with E-state index < -0.39 is 12.1 Å². The van der Waals surface area contributed by atoms with Gasteiger partial charge in [0.1, 0.15) is 0 Å².